The van der Waals surface area contributed by atoms with Gasteiger partial charge in [0, 0.05) is 11.3 Å². The van der Waals surface area contributed by atoms with E-state index >= 15 is 0 Å². The Hall–Kier alpha value is -1.36. The maximum atomic E-state index is 12.4. The molecule has 1 aromatic rings. The summed E-state index contributed by atoms with van der Waals surface area (Å²) >= 11 is 1.56. The van der Waals surface area contributed by atoms with Gasteiger partial charge in [-0.05, 0) is 43.1 Å². The lowest BCUT2D eigenvalue weighted by Crippen LogP contribution is -2.28. The molecule has 1 aromatic heterocycles. The number of amides is 1. The Balaban J connectivity index is 2.37. The van der Waals surface area contributed by atoms with Crippen LogP contribution in [0.25, 0.3) is 0 Å². The molecule has 0 aliphatic heterocycles. The van der Waals surface area contributed by atoms with E-state index in [1.165, 1.54) is 4.88 Å². The van der Waals surface area contributed by atoms with E-state index in [0.717, 1.165) is 31.2 Å². The van der Waals surface area contributed by atoms with Crippen LogP contribution in [0.1, 0.15) is 74.7 Å². The van der Waals surface area contributed by atoms with E-state index in [0.29, 0.717) is 34.9 Å². The number of carbonyl (C=O) groups is 2. The molecule has 134 valence electrons. The summed E-state index contributed by atoms with van der Waals surface area (Å²) in [6, 6.07) is 0. The van der Waals surface area contributed by atoms with Crippen molar-refractivity contribution < 1.29 is 14.3 Å². The van der Waals surface area contributed by atoms with Crippen molar-refractivity contribution >= 4 is 28.2 Å². The zero-order valence-electron chi connectivity index (χ0n) is 15.5. The molecule has 0 spiro atoms. The topological polar surface area (TPSA) is 55.4 Å². The molecule has 0 radical (unpaired) electrons. The summed E-state index contributed by atoms with van der Waals surface area (Å²) in [7, 11) is 0. The van der Waals surface area contributed by atoms with Crippen molar-refractivity contribution in [3.05, 3.63) is 16.0 Å². The van der Waals surface area contributed by atoms with Gasteiger partial charge in [-0.2, -0.15) is 0 Å². The number of fused-ring (bicyclic) bond motifs is 1. The van der Waals surface area contributed by atoms with Gasteiger partial charge >= 0.3 is 5.97 Å². The number of ether oxygens (including phenoxy) is 1. The van der Waals surface area contributed by atoms with Gasteiger partial charge in [0.1, 0.15) is 5.00 Å². The molecule has 0 bridgehead atoms. The highest BCUT2D eigenvalue weighted by Crippen LogP contribution is 2.45. The summed E-state index contributed by atoms with van der Waals surface area (Å²) in [6.07, 6.45) is 4.49. The molecule has 1 atom stereocenters. The van der Waals surface area contributed by atoms with E-state index in [4.69, 9.17) is 4.74 Å². The standard InChI is InChI=1S/C19H29NO3S/c1-6-15(21)20-17-16(18(22)23-8-3)13-10-9-12(11-14(13)24-17)19(4,5)7-2/h12H,6-11H2,1-5H3,(H,20,21). The second-order valence-electron chi connectivity index (χ2n) is 7.11. The first kappa shape index (κ1) is 19.0. The Morgan fingerprint density at radius 1 is 1.29 bits per heavy atom. The molecule has 0 saturated heterocycles. The molecule has 2 rings (SSSR count). The van der Waals surface area contributed by atoms with Crippen molar-refractivity contribution in [3.63, 3.8) is 0 Å². The highest BCUT2D eigenvalue weighted by Gasteiger charge is 2.35. The second kappa shape index (κ2) is 7.68. The van der Waals surface area contributed by atoms with Crippen molar-refractivity contribution in [2.24, 2.45) is 11.3 Å². The molecule has 5 heteroatoms. The maximum absolute atomic E-state index is 12.4. The van der Waals surface area contributed by atoms with Crippen LogP contribution >= 0.6 is 11.3 Å². The van der Waals surface area contributed by atoms with Crippen LogP contribution in [0, 0.1) is 11.3 Å². The molecular weight excluding hydrogens is 322 g/mol. The minimum Gasteiger partial charge on any atom is -0.462 e. The smallest absolute Gasteiger partial charge is 0.341 e. The summed E-state index contributed by atoms with van der Waals surface area (Å²) < 4.78 is 5.24. The van der Waals surface area contributed by atoms with Crippen LogP contribution < -0.4 is 5.32 Å². The van der Waals surface area contributed by atoms with Gasteiger partial charge < -0.3 is 10.1 Å². The summed E-state index contributed by atoms with van der Waals surface area (Å²) in [6.45, 7) is 10.8. The molecule has 1 amide bonds. The van der Waals surface area contributed by atoms with E-state index in [2.05, 4.69) is 26.1 Å². The minimum atomic E-state index is -0.311. The Kier molecular flexibility index (Phi) is 6.07. The number of rotatable bonds is 6. The third kappa shape index (κ3) is 3.82. The Morgan fingerprint density at radius 2 is 2.00 bits per heavy atom. The number of hydrogen-bond donors (Lipinski definition) is 1. The van der Waals surface area contributed by atoms with Crippen molar-refractivity contribution in [1.82, 2.24) is 0 Å². The predicted molar refractivity (Wildman–Crippen MR) is 98.8 cm³/mol. The van der Waals surface area contributed by atoms with E-state index in [1.54, 1.807) is 18.3 Å². The second-order valence-corrected chi connectivity index (χ2v) is 8.22. The van der Waals surface area contributed by atoms with E-state index < -0.39 is 0 Å². The van der Waals surface area contributed by atoms with E-state index in [-0.39, 0.29) is 11.9 Å². The largest absolute Gasteiger partial charge is 0.462 e. The summed E-state index contributed by atoms with van der Waals surface area (Å²) in [4.78, 5) is 25.5. The average molecular weight is 352 g/mol. The fourth-order valence-electron chi connectivity index (χ4n) is 3.26. The molecular formula is C19H29NO3S. The first-order valence-corrected chi connectivity index (χ1v) is 9.77. The molecule has 1 heterocycles. The molecule has 0 aromatic carbocycles. The summed E-state index contributed by atoms with van der Waals surface area (Å²) in [5, 5.41) is 3.57. The summed E-state index contributed by atoms with van der Waals surface area (Å²) in [5.74, 6) is 0.234. The van der Waals surface area contributed by atoms with Gasteiger partial charge in [0.15, 0.2) is 0 Å². The molecule has 4 nitrogen and oxygen atoms in total. The number of hydrogen-bond acceptors (Lipinski definition) is 4. The van der Waals surface area contributed by atoms with Gasteiger partial charge in [-0.25, -0.2) is 4.79 Å². The van der Waals surface area contributed by atoms with Crippen molar-refractivity contribution in [3.8, 4) is 0 Å². The number of nitrogens with one attached hydrogen (secondary N) is 1. The van der Waals surface area contributed by atoms with E-state index in [1.807, 2.05) is 6.92 Å². The number of thiophene rings is 1. The van der Waals surface area contributed by atoms with Gasteiger partial charge in [-0.3, -0.25) is 4.79 Å². The van der Waals surface area contributed by atoms with Gasteiger partial charge in [0.2, 0.25) is 5.91 Å². The third-order valence-corrected chi connectivity index (χ3v) is 6.51. The van der Waals surface area contributed by atoms with E-state index in [9.17, 15) is 9.59 Å². The Morgan fingerprint density at radius 3 is 2.58 bits per heavy atom. The van der Waals surface area contributed by atoms with Crippen molar-refractivity contribution in [1.29, 1.82) is 0 Å². The zero-order valence-corrected chi connectivity index (χ0v) is 16.3. The molecule has 0 fully saturated rings. The fraction of sp³-hybridized carbons (Fsp3) is 0.684. The van der Waals surface area contributed by atoms with Gasteiger partial charge in [0.25, 0.3) is 0 Å². The fourth-order valence-corrected chi connectivity index (χ4v) is 4.60. The molecule has 1 unspecified atom stereocenters. The lowest BCUT2D eigenvalue weighted by atomic mass is 9.69. The highest BCUT2D eigenvalue weighted by molar-refractivity contribution is 7.17. The SMILES string of the molecule is CCOC(=O)c1c(NC(=O)CC)sc2c1CCC(C(C)(C)CC)C2. The van der Waals surface area contributed by atoms with Crippen LogP contribution in [0.2, 0.25) is 0 Å². The average Bonchev–Trinajstić information content (AvgIpc) is 2.91. The van der Waals surface area contributed by atoms with Gasteiger partial charge in [-0.15, -0.1) is 11.3 Å². The highest BCUT2D eigenvalue weighted by atomic mass is 32.1. The third-order valence-electron chi connectivity index (χ3n) is 5.34. The molecule has 1 aliphatic rings. The quantitative estimate of drug-likeness (QED) is 0.748. The predicted octanol–water partition coefficient (Wildman–Crippen LogP) is 4.81. The van der Waals surface area contributed by atoms with Crippen molar-refractivity contribution in [2.75, 3.05) is 11.9 Å². The molecule has 0 saturated carbocycles. The van der Waals surface area contributed by atoms with Crippen molar-refractivity contribution in [2.45, 2.75) is 66.7 Å². The van der Waals surface area contributed by atoms with Crippen LogP contribution in [0.4, 0.5) is 5.00 Å². The molecule has 1 aliphatic carbocycles. The lowest BCUT2D eigenvalue weighted by molar-refractivity contribution is -0.115. The monoisotopic (exact) mass is 351 g/mol. The lowest BCUT2D eigenvalue weighted by Gasteiger charge is -2.36. The summed E-state index contributed by atoms with van der Waals surface area (Å²) in [5.41, 5.74) is 1.97. The van der Waals surface area contributed by atoms with Gasteiger partial charge in [0.05, 0.1) is 12.2 Å². The van der Waals surface area contributed by atoms with Crippen LogP contribution in [-0.2, 0) is 22.4 Å². The Bertz CT molecular complexity index is 618. The molecule has 24 heavy (non-hydrogen) atoms. The number of carbonyl (C=O) groups excluding carboxylic acids is 2. The Labute approximate surface area is 149 Å². The molecule has 1 N–H and O–H groups in total. The first-order valence-electron chi connectivity index (χ1n) is 8.95. The van der Waals surface area contributed by atoms with Crippen LogP contribution in [0.5, 0.6) is 0 Å². The van der Waals surface area contributed by atoms with Crippen LogP contribution in [0.15, 0.2) is 0 Å². The zero-order chi connectivity index (χ0) is 17.9. The normalized spacial score (nSPS) is 17.3. The minimum absolute atomic E-state index is 0.0652. The number of esters is 1. The van der Waals surface area contributed by atoms with Crippen LogP contribution in [-0.4, -0.2) is 18.5 Å². The number of anilines is 1. The maximum Gasteiger partial charge on any atom is 0.341 e. The van der Waals surface area contributed by atoms with Crippen LogP contribution in [0.3, 0.4) is 0 Å². The first-order chi connectivity index (χ1) is 11.3. The van der Waals surface area contributed by atoms with Gasteiger partial charge in [-0.1, -0.05) is 34.1 Å².